The average molecular weight is 452 g/mol. The molecular formula is C26H20N4O4. The molecule has 1 N–H and O–H groups in total. The van der Waals surface area contributed by atoms with Crippen LogP contribution in [0.1, 0.15) is 16.8 Å². The minimum Gasteiger partial charge on any atom is -0.340 e. The Morgan fingerprint density at radius 1 is 0.941 bits per heavy atom. The summed E-state index contributed by atoms with van der Waals surface area (Å²) in [6.45, 7) is 2.42. The second-order valence-electron chi connectivity index (χ2n) is 8.00. The number of hydrazine groups is 1. The maximum absolute atomic E-state index is 13.1. The molecule has 0 atom stereocenters. The maximum Gasteiger partial charge on any atom is 0.282 e. The van der Waals surface area contributed by atoms with Gasteiger partial charge in [0.2, 0.25) is 0 Å². The number of para-hydroxylation sites is 2. The molecule has 1 aliphatic heterocycles. The first-order valence-electron chi connectivity index (χ1n) is 10.7. The standard InChI is InChI=1S/C26H20N4O4/c1-17-22(15-23-25(31)27-29(26(23)32)19-7-3-2-4-8-19)21-9-5-6-10-24(21)28(17)16-18-11-13-20(14-12-18)30(33)34/h2-15H,16H2,1H3,(H,27,31)/b23-15-. The molecule has 1 aliphatic rings. The van der Waals surface area contributed by atoms with Crippen molar-refractivity contribution in [1.82, 2.24) is 9.99 Å². The molecule has 0 radical (unpaired) electrons. The summed E-state index contributed by atoms with van der Waals surface area (Å²) in [6, 6.07) is 23.1. The van der Waals surface area contributed by atoms with Crippen LogP contribution in [0.2, 0.25) is 0 Å². The molecule has 4 aromatic rings. The van der Waals surface area contributed by atoms with Crippen molar-refractivity contribution in [2.75, 3.05) is 5.01 Å². The molecule has 0 spiro atoms. The van der Waals surface area contributed by atoms with E-state index in [4.69, 9.17) is 0 Å². The molecule has 2 amide bonds. The second kappa shape index (κ2) is 8.32. The molecule has 1 aromatic heterocycles. The van der Waals surface area contributed by atoms with Crippen molar-refractivity contribution in [3.63, 3.8) is 0 Å². The van der Waals surface area contributed by atoms with Gasteiger partial charge in [0.25, 0.3) is 17.5 Å². The number of nitrogens with zero attached hydrogens (tertiary/aromatic N) is 3. The fourth-order valence-electron chi connectivity index (χ4n) is 4.21. The number of aromatic nitrogens is 1. The van der Waals surface area contributed by atoms with Crippen molar-refractivity contribution < 1.29 is 14.5 Å². The molecule has 8 heteroatoms. The van der Waals surface area contributed by atoms with Gasteiger partial charge in [0, 0.05) is 40.8 Å². The number of carbonyl (C=O) groups excluding carboxylic acids is 2. The molecule has 0 saturated carbocycles. The van der Waals surface area contributed by atoms with Crippen LogP contribution in [-0.2, 0) is 16.1 Å². The Morgan fingerprint density at radius 2 is 1.62 bits per heavy atom. The van der Waals surface area contributed by atoms with Crippen LogP contribution in [0.4, 0.5) is 11.4 Å². The zero-order valence-corrected chi connectivity index (χ0v) is 18.3. The summed E-state index contributed by atoms with van der Waals surface area (Å²) in [4.78, 5) is 36.3. The predicted molar refractivity (Wildman–Crippen MR) is 129 cm³/mol. The lowest BCUT2D eigenvalue weighted by Gasteiger charge is -2.13. The monoisotopic (exact) mass is 452 g/mol. The van der Waals surface area contributed by atoms with Gasteiger partial charge >= 0.3 is 0 Å². The Labute approximate surface area is 194 Å². The van der Waals surface area contributed by atoms with Crippen LogP contribution in [0, 0.1) is 17.0 Å². The van der Waals surface area contributed by atoms with Gasteiger partial charge in [0.15, 0.2) is 0 Å². The summed E-state index contributed by atoms with van der Waals surface area (Å²) in [5.74, 6) is -0.872. The number of nitro benzene ring substituents is 1. The Kier molecular flexibility index (Phi) is 5.18. The first kappa shape index (κ1) is 21.1. The van der Waals surface area contributed by atoms with Crippen molar-refractivity contribution in [3.8, 4) is 0 Å². The van der Waals surface area contributed by atoms with Crippen LogP contribution in [0.3, 0.4) is 0 Å². The highest BCUT2D eigenvalue weighted by Gasteiger charge is 2.34. The molecule has 0 unspecified atom stereocenters. The number of nitrogens with one attached hydrogen (secondary N) is 1. The van der Waals surface area contributed by atoms with Crippen molar-refractivity contribution in [3.05, 3.63) is 111 Å². The molecule has 3 aromatic carbocycles. The molecule has 8 nitrogen and oxygen atoms in total. The van der Waals surface area contributed by atoms with Gasteiger partial charge in [-0.05, 0) is 36.8 Å². The molecule has 5 rings (SSSR count). The molecule has 0 aliphatic carbocycles. The number of hydrogen-bond donors (Lipinski definition) is 1. The van der Waals surface area contributed by atoms with E-state index in [0.29, 0.717) is 12.2 Å². The van der Waals surface area contributed by atoms with Gasteiger partial charge in [0.1, 0.15) is 5.57 Å². The molecule has 1 saturated heterocycles. The largest absolute Gasteiger partial charge is 0.340 e. The Balaban J connectivity index is 1.55. The third kappa shape index (κ3) is 3.61. The van der Waals surface area contributed by atoms with Crippen LogP contribution < -0.4 is 10.4 Å². The topological polar surface area (TPSA) is 97.5 Å². The maximum atomic E-state index is 13.1. The first-order valence-corrected chi connectivity index (χ1v) is 10.7. The number of fused-ring (bicyclic) bond motifs is 1. The molecular weight excluding hydrogens is 432 g/mol. The van der Waals surface area contributed by atoms with Crippen molar-refractivity contribution in [1.29, 1.82) is 0 Å². The van der Waals surface area contributed by atoms with E-state index in [0.717, 1.165) is 27.7 Å². The first-order chi connectivity index (χ1) is 16.4. The van der Waals surface area contributed by atoms with E-state index in [9.17, 15) is 19.7 Å². The SMILES string of the molecule is Cc1c(/C=C2/C(=O)NN(c3ccccc3)C2=O)c2ccccc2n1Cc1ccc([N+](=O)[O-])cc1. The van der Waals surface area contributed by atoms with E-state index >= 15 is 0 Å². The molecule has 2 heterocycles. The van der Waals surface area contributed by atoms with Gasteiger partial charge in [-0.25, -0.2) is 5.01 Å². The third-order valence-electron chi connectivity index (χ3n) is 5.96. The molecule has 0 bridgehead atoms. The highest BCUT2D eigenvalue weighted by atomic mass is 16.6. The van der Waals surface area contributed by atoms with Crippen LogP contribution in [-0.4, -0.2) is 21.3 Å². The molecule has 1 fully saturated rings. The van der Waals surface area contributed by atoms with E-state index in [1.807, 2.05) is 37.3 Å². The van der Waals surface area contributed by atoms with E-state index in [1.165, 1.54) is 17.1 Å². The minimum absolute atomic E-state index is 0.0389. The van der Waals surface area contributed by atoms with Crippen molar-refractivity contribution >= 4 is 40.2 Å². The number of carbonyl (C=O) groups is 2. The zero-order chi connectivity index (χ0) is 23.8. The number of anilines is 1. The van der Waals surface area contributed by atoms with Gasteiger partial charge in [-0.1, -0.05) is 48.5 Å². The Morgan fingerprint density at radius 3 is 2.32 bits per heavy atom. The summed E-state index contributed by atoms with van der Waals surface area (Å²) in [7, 11) is 0. The normalized spacial score (nSPS) is 14.7. The number of rotatable bonds is 5. The molecule has 168 valence electrons. The van der Waals surface area contributed by atoms with Gasteiger partial charge < -0.3 is 4.57 Å². The van der Waals surface area contributed by atoms with E-state index in [-0.39, 0.29) is 11.3 Å². The van der Waals surface area contributed by atoms with Crippen LogP contribution in [0.25, 0.3) is 17.0 Å². The van der Waals surface area contributed by atoms with Crippen LogP contribution >= 0.6 is 0 Å². The third-order valence-corrected chi connectivity index (χ3v) is 5.96. The lowest BCUT2D eigenvalue weighted by atomic mass is 10.1. The Bertz CT molecular complexity index is 1470. The quantitative estimate of drug-likeness (QED) is 0.210. The number of hydrogen-bond acceptors (Lipinski definition) is 4. The fraction of sp³-hybridized carbons (Fsp3) is 0.0769. The van der Waals surface area contributed by atoms with Crippen molar-refractivity contribution in [2.45, 2.75) is 13.5 Å². The van der Waals surface area contributed by atoms with Gasteiger partial charge in [0.05, 0.1) is 10.6 Å². The summed E-state index contributed by atoms with van der Waals surface area (Å²) in [5.41, 5.74) is 6.82. The highest BCUT2D eigenvalue weighted by Crippen LogP contribution is 2.30. The lowest BCUT2D eigenvalue weighted by Crippen LogP contribution is -2.35. The smallest absolute Gasteiger partial charge is 0.282 e. The second-order valence-corrected chi connectivity index (χ2v) is 8.00. The van der Waals surface area contributed by atoms with E-state index in [1.54, 1.807) is 42.5 Å². The zero-order valence-electron chi connectivity index (χ0n) is 18.3. The summed E-state index contributed by atoms with van der Waals surface area (Å²) in [6.07, 6.45) is 1.64. The minimum atomic E-state index is -0.458. The Hall–Kier alpha value is -4.72. The number of non-ortho nitro benzene ring substituents is 1. The number of benzene rings is 3. The fourth-order valence-corrected chi connectivity index (χ4v) is 4.21. The lowest BCUT2D eigenvalue weighted by molar-refractivity contribution is -0.384. The van der Waals surface area contributed by atoms with Gasteiger partial charge in [-0.15, -0.1) is 0 Å². The summed E-state index contributed by atoms with van der Waals surface area (Å²) >= 11 is 0. The highest BCUT2D eigenvalue weighted by molar-refractivity contribution is 6.32. The predicted octanol–water partition coefficient (Wildman–Crippen LogP) is 4.37. The number of nitro groups is 1. The van der Waals surface area contributed by atoms with Gasteiger partial charge in [-0.3, -0.25) is 25.1 Å². The summed E-state index contributed by atoms with van der Waals surface area (Å²) in [5, 5.41) is 13.1. The summed E-state index contributed by atoms with van der Waals surface area (Å²) < 4.78 is 2.08. The average Bonchev–Trinajstić information content (AvgIpc) is 3.28. The van der Waals surface area contributed by atoms with Crippen molar-refractivity contribution in [2.24, 2.45) is 0 Å². The van der Waals surface area contributed by atoms with Gasteiger partial charge in [-0.2, -0.15) is 0 Å². The van der Waals surface area contributed by atoms with E-state index in [2.05, 4.69) is 9.99 Å². The molecule has 34 heavy (non-hydrogen) atoms. The van der Waals surface area contributed by atoms with Crippen LogP contribution in [0.5, 0.6) is 0 Å². The van der Waals surface area contributed by atoms with Crippen LogP contribution in [0.15, 0.2) is 84.4 Å². The number of amides is 2. The van der Waals surface area contributed by atoms with E-state index < -0.39 is 16.7 Å².